The Labute approximate surface area is 160 Å². The van der Waals surface area contributed by atoms with E-state index in [4.69, 9.17) is 0 Å². The lowest BCUT2D eigenvalue weighted by molar-refractivity contribution is -0.137. The molecule has 0 bridgehead atoms. The predicted molar refractivity (Wildman–Crippen MR) is 100 cm³/mol. The fourth-order valence-corrected chi connectivity index (χ4v) is 3.21. The Balaban J connectivity index is 1.99. The van der Waals surface area contributed by atoms with Crippen molar-refractivity contribution in [3.8, 4) is 11.3 Å². The van der Waals surface area contributed by atoms with Crippen molar-refractivity contribution in [1.29, 1.82) is 0 Å². The maximum Gasteiger partial charge on any atom is 0.417 e. The van der Waals surface area contributed by atoms with Gasteiger partial charge in [0.15, 0.2) is 0 Å². The summed E-state index contributed by atoms with van der Waals surface area (Å²) in [6, 6.07) is 12.3. The Bertz CT molecular complexity index is 1040. The number of carbonyl (C=O) groups is 1. The second-order valence-corrected chi connectivity index (χ2v) is 6.69. The lowest BCUT2D eigenvalue weighted by atomic mass is 9.96. The van der Waals surface area contributed by atoms with Crippen molar-refractivity contribution in [3.63, 3.8) is 0 Å². The highest BCUT2D eigenvalue weighted by atomic mass is 19.4. The molecule has 144 valence electrons. The summed E-state index contributed by atoms with van der Waals surface area (Å²) in [7, 11) is 0. The van der Waals surface area contributed by atoms with Crippen LogP contribution in [-0.4, -0.2) is 16.1 Å². The van der Waals surface area contributed by atoms with Gasteiger partial charge >= 0.3 is 12.1 Å². The van der Waals surface area contributed by atoms with Crippen molar-refractivity contribution in [3.05, 3.63) is 88.1 Å². The van der Waals surface area contributed by atoms with Crippen LogP contribution in [-0.2, 0) is 12.6 Å². The molecule has 0 aliphatic carbocycles. The van der Waals surface area contributed by atoms with Gasteiger partial charge in [-0.15, -0.1) is 0 Å². The zero-order valence-corrected chi connectivity index (χ0v) is 15.3. The van der Waals surface area contributed by atoms with Crippen molar-refractivity contribution in [2.24, 2.45) is 0 Å². The SMILES string of the molecule is Cc1ccc(Cc2cnc(-c3ccccc3C(F)(F)F)c(C)c2)c(C(=O)O)c1. The Morgan fingerprint density at radius 1 is 1.07 bits per heavy atom. The molecule has 0 aliphatic heterocycles. The topological polar surface area (TPSA) is 50.2 Å². The summed E-state index contributed by atoms with van der Waals surface area (Å²) >= 11 is 0. The number of carboxylic acids is 1. The summed E-state index contributed by atoms with van der Waals surface area (Å²) in [5.41, 5.74) is 2.57. The predicted octanol–water partition coefficient (Wildman–Crippen LogP) is 5.67. The van der Waals surface area contributed by atoms with Gasteiger partial charge in [-0.25, -0.2) is 4.79 Å². The molecule has 0 unspecified atom stereocenters. The van der Waals surface area contributed by atoms with Gasteiger partial charge in [0, 0.05) is 11.8 Å². The molecule has 3 rings (SSSR count). The number of rotatable bonds is 4. The van der Waals surface area contributed by atoms with Crippen molar-refractivity contribution < 1.29 is 23.1 Å². The maximum atomic E-state index is 13.3. The van der Waals surface area contributed by atoms with Crippen LogP contribution in [0.25, 0.3) is 11.3 Å². The minimum atomic E-state index is -4.47. The maximum absolute atomic E-state index is 13.3. The molecule has 2 aromatic carbocycles. The monoisotopic (exact) mass is 385 g/mol. The molecule has 0 atom stereocenters. The molecule has 0 radical (unpaired) electrons. The van der Waals surface area contributed by atoms with Crippen LogP contribution < -0.4 is 0 Å². The first-order valence-corrected chi connectivity index (χ1v) is 8.61. The summed E-state index contributed by atoms with van der Waals surface area (Å²) in [6.45, 7) is 3.51. The first-order chi connectivity index (χ1) is 13.2. The van der Waals surface area contributed by atoms with E-state index in [-0.39, 0.29) is 16.8 Å². The van der Waals surface area contributed by atoms with Gasteiger partial charge in [-0.05, 0) is 49.1 Å². The number of alkyl halides is 3. The highest BCUT2D eigenvalue weighted by Crippen LogP contribution is 2.37. The first kappa shape index (κ1) is 19.6. The van der Waals surface area contributed by atoms with Crippen LogP contribution in [0.1, 0.15) is 38.2 Å². The number of hydrogen-bond donors (Lipinski definition) is 1. The fraction of sp³-hybridized carbons (Fsp3) is 0.182. The van der Waals surface area contributed by atoms with Gasteiger partial charge in [0.1, 0.15) is 0 Å². The zero-order chi connectivity index (χ0) is 20.5. The molecule has 28 heavy (non-hydrogen) atoms. The quantitative estimate of drug-likeness (QED) is 0.629. The second kappa shape index (κ2) is 7.46. The summed E-state index contributed by atoms with van der Waals surface area (Å²) in [5, 5.41) is 9.40. The number of aryl methyl sites for hydroxylation is 2. The van der Waals surface area contributed by atoms with Crippen molar-refractivity contribution >= 4 is 5.97 Å². The third-order valence-corrected chi connectivity index (χ3v) is 4.51. The zero-order valence-electron chi connectivity index (χ0n) is 15.3. The molecule has 0 fully saturated rings. The number of pyridine rings is 1. The average Bonchev–Trinajstić information content (AvgIpc) is 2.62. The molecule has 1 heterocycles. The van der Waals surface area contributed by atoms with Gasteiger partial charge in [0.05, 0.1) is 16.8 Å². The van der Waals surface area contributed by atoms with Crippen LogP contribution >= 0.6 is 0 Å². The van der Waals surface area contributed by atoms with Crippen LogP contribution in [0.5, 0.6) is 0 Å². The Morgan fingerprint density at radius 3 is 2.43 bits per heavy atom. The number of aromatic carboxylic acids is 1. The van der Waals surface area contributed by atoms with Crippen molar-refractivity contribution in [2.45, 2.75) is 26.4 Å². The van der Waals surface area contributed by atoms with E-state index in [0.29, 0.717) is 17.5 Å². The van der Waals surface area contributed by atoms with E-state index < -0.39 is 17.7 Å². The summed E-state index contributed by atoms with van der Waals surface area (Å²) < 4.78 is 39.9. The summed E-state index contributed by atoms with van der Waals surface area (Å²) in [4.78, 5) is 15.7. The summed E-state index contributed by atoms with van der Waals surface area (Å²) in [6.07, 6.45) is -2.64. The van der Waals surface area contributed by atoms with Gasteiger partial charge in [-0.2, -0.15) is 13.2 Å². The molecule has 1 aromatic heterocycles. The van der Waals surface area contributed by atoms with E-state index in [1.165, 1.54) is 18.3 Å². The van der Waals surface area contributed by atoms with Crippen LogP contribution in [0.4, 0.5) is 13.2 Å². The normalized spacial score (nSPS) is 11.5. The molecule has 3 aromatic rings. The molecule has 0 spiro atoms. The van der Waals surface area contributed by atoms with E-state index in [1.54, 1.807) is 31.2 Å². The van der Waals surface area contributed by atoms with Gasteiger partial charge in [-0.1, -0.05) is 42.0 Å². The van der Waals surface area contributed by atoms with Crippen molar-refractivity contribution in [2.75, 3.05) is 0 Å². The fourth-order valence-electron chi connectivity index (χ4n) is 3.21. The minimum absolute atomic E-state index is 0.0283. The van der Waals surface area contributed by atoms with Crippen LogP contribution in [0.3, 0.4) is 0 Å². The standard InChI is InChI=1S/C22H18F3NO2/c1-13-7-8-16(18(9-13)21(27)28)11-15-10-14(2)20(26-12-15)17-5-3-4-6-19(17)22(23,24)25/h3-10,12H,11H2,1-2H3,(H,27,28). The highest BCUT2D eigenvalue weighted by Gasteiger charge is 2.33. The van der Waals surface area contributed by atoms with Crippen molar-refractivity contribution in [1.82, 2.24) is 4.98 Å². The number of benzene rings is 2. The van der Waals surface area contributed by atoms with E-state index in [9.17, 15) is 23.1 Å². The van der Waals surface area contributed by atoms with Gasteiger partial charge in [-0.3, -0.25) is 4.98 Å². The number of halogens is 3. The summed E-state index contributed by atoms with van der Waals surface area (Å²) in [5.74, 6) is -1.01. The highest BCUT2D eigenvalue weighted by molar-refractivity contribution is 5.89. The molecular weight excluding hydrogens is 367 g/mol. The third kappa shape index (κ3) is 4.06. The molecule has 0 saturated carbocycles. The molecule has 6 heteroatoms. The van der Waals surface area contributed by atoms with E-state index >= 15 is 0 Å². The number of aromatic nitrogens is 1. The van der Waals surface area contributed by atoms with Gasteiger partial charge < -0.3 is 5.11 Å². The number of hydrogen-bond acceptors (Lipinski definition) is 2. The number of carboxylic acid groups (broad SMARTS) is 1. The van der Waals surface area contributed by atoms with Crippen LogP contribution in [0, 0.1) is 13.8 Å². The molecular formula is C22H18F3NO2. The first-order valence-electron chi connectivity index (χ1n) is 8.61. The van der Waals surface area contributed by atoms with E-state index in [1.807, 2.05) is 13.0 Å². The molecule has 0 saturated heterocycles. The lowest BCUT2D eigenvalue weighted by Crippen LogP contribution is -2.08. The molecule has 3 nitrogen and oxygen atoms in total. The minimum Gasteiger partial charge on any atom is -0.478 e. The van der Waals surface area contributed by atoms with Crippen LogP contribution in [0.2, 0.25) is 0 Å². The Kier molecular flexibility index (Phi) is 5.23. The largest absolute Gasteiger partial charge is 0.478 e. The van der Waals surface area contributed by atoms with Gasteiger partial charge in [0.2, 0.25) is 0 Å². The van der Waals surface area contributed by atoms with E-state index in [0.717, 1.165) is 17.2 Å². The lowest BCUT2D eigenvalue weighted by Gasteiger charge is -2.15. The smallest absolute Gasteiger partial charge is 0.417 e. The average molecular weight is 385 g/mol. The van der Waals surface area contributed by atoms with E-state index in [2.05, 4.69) is 4.98 Å². The number of nitrogens with zero attached hydrogens (tertiary/aromatic N) is 1. The van der Waals surface area contributed by atoms with Gasteiger partial charge in [0.25, 0.3) is 0 Å². The van der Waals surface area contributed by atoms with Crippen LogP contribution in [0.15, 0.2) is 54.7 Å². The second-order valence-electron chi connectivity index (χ2n) is 6.69. The molecule has 0 aliphatic rings. The third-order valence-electron chi connectivity index (χ3n) is 4.51. The molecule has 1 N–H and O–H groups in total. The Hall–Kier alpha value is -3.15. The Morgan fingerprint density at radius 2 is 1.79 bits per heavy atom. The molecule has 0 amide bonds.